The second-order valence-corrected chi connectivity index (χ2v) is 5.79. The Labute approximate surface area is 111 Å². The highest BCUT2D eigenvalue weighted by atomic mass is 32.1. The van der Waals surface area contributed by atoms with Crippen LogP contribution in [0.3, 0.4) is 0 Å². The number of hydrogen-bond acceptors (Lipinski definition) is 5. The summed E-state index contributed by atoms with van der Waals surface area (Å²) in [5, 5.41) is 2.90. The number of nitrogens with zero attached hydrogens (tertiary/aromatic N) is 4. The Hall–Kier alpha value is -1.14. The van der Waals surface area contributed by atoms with Crippen molar-refractivity contribution in [2.24, 2.45) is 0 Å². The highest BCUT2D eigenvalue weighted by molar-refractivity contribution is 7.14. The molecule has 2 aliphatic rings. The predicted molar refractivity (Wildman–Crippen MR) is 72.3 cm³/mol. The number of thiazole rings is 1. The molecular formula is C12H18N4OS. The number of aromatic nitrogens is 1. The lowest BCUT2D eigenvalue weighted by Gasteiger charge is -2.32. The van der Waals surface area contributed by atoms with Gasteiger partial charge in [-0.3, -0.25) is 4.79 Å². The molecule has 0 spiro atoms. The molecule has 0 aliphatic carbocycles. The maximum Gasteiger partial charge on any atom is 0.273 e. The molecule has 1 aromatic rings. The Balaban J connectivity index is 1.66. The van der Waals surface area contributed by atoms with Crippen LogP contribution in [0.1, 0.15) is 16.9 Å². The van der Waals surface area contributed by atoms with Crippen molar-refractivity contribution in [1.29, 1.82) is 0 Å². The molecule has 0 bridgehead atoms. The maximum absolute atomic E-state index is 12.3. The zero-order valence-corrected chi connectivity index (χ0v) is 11.4. The summed E-state index contributed by atoms with van der Waals surface area (Å²) in [4.78, 5) is 23.1. The lowest BCUT2D eigenvalue weighted by atomic mass is 10.2. The molecule has 2 saturated heterocycles. The quantitative estimate of drug-likeness (QED) is 0.791. The fraction of sp³-hybridized carbons (Fsp3) is 0.667. The zero-order valence-electron chi connectivity index (χ0n) is 10.6. The van der Waals surface area contributed by atoms with Crippen molar-refractivity contribution >= 4 is 22.4 Å². The van der Waals surface area contributed by atoms with Gasteiger partial charge in [0.15, 0.2) is 5.13 Å². The average Bonchev–Trinajstić information content (AvgIpc) is 2.76. The van der Waals surface area contributed by atoms with Crippen molar-refractivity contribution < 1.29 is 4.79 Å². The molecule has 3 heterocycles. The maximum atomic E-state index is 12.3. The van der Waals surface area contributed by atoms with Gasteiger partial charge in [-0.15, -0.1) is 11.3 Å². The van der Waals surface area contributed by atoms with Gasteiger partial charge in [-0.2, -0.15) is 0 Å². The molecule has 6 heteroatoms. The van der Waals surface area contributed by atoms with E-state index in [0.717, 1.165) is 44.4 Å². The Morgan fingerprint density at radius 2 is 1.94 bits per heavy atom. The molecule has 1 aromatic heterocycles. The third-order valence-corrected chi connectivity index (χ3v) is 4.53. The van der Waals surface area contributed by atoms with E-state index in [1.807, 2.05) is 10.3 Å². The number of carbonyl (C=O) groups excluding carboxylic acids is 1. The first-order valence-electron chi connectivity index (χ1n) is 6.42. The monoisotopic (exact) mass is 266 g/mol. The highest BCUT2D eigenvalue weighted by Crippen LogP contribution is 2.25. The van der Waals surface area contributed by atoms with Gasteiger partial charge in [-0.25, -0.2) is 4.98 Å². The first-order valence-corrected chi connectivity index (χ1v) is 7.30. The largest absolute Gasteiger partial charge is 0.348 e. The number of likely N-dealkylation sites (N-methyl/N-ethyl adjacent to an activating group) is 1. The minimum atomic E-state index is 0.0890. The van der Waals surface area contributed by atoms with E-state index < -0.39 is 0 Å². The van der Waals surface area contributed by atoms with E-state index in [1.54, 1.807) is 11.3 Å². The summed E-state index contributed by atoms with van der Waals surface area (Å²) < 4.78 is 0. The lowest BCUT2D eigenvalue weighted by Crippen LogP contribution is -2.47. The smallest absolute Gasteiger partial charge is 0.273 e. The van der Waals surface area contributed by atoms with Gasteiger partial charge < -0.3 is 14.7 Å². The highest BCUT2D eigenvalue weighted by Gasteiger charge is 2.24. The van der Waals surface area contributed by atoms with Gasteiger partial charge in [-0.1, -0.05) is 0 Å². The van der Waals surface area contributed by atoms with E-state index in [4.69, 9.17) is 0 Å². The van der Waals surface area contributed by atoms with Crippen LogP contribution in [-0.4, -0.2) is 67.0 Å². The Morgan fingerprint density at radius 1 is 1.22 bits per heavy atom. The summed E-state index contributed by atoms with van der Waals surface area (Å²) in [5.41, 5.74) is 0.617. The molecule has 2 fully saturated rings. The second kappa shape index (κ2) is 4.85. The third-order valence-electron chi connectivity index (χ3n) is 3.63. The van der Waals surface area contributed by atoms with E-state index in [-0.39, 0.29) is 5.91 Å². The number of anilines is 1. The molecule has 0 N–H and O–H groups in total. The van der Waals surface area contributed by atoms with Crippen molar-refractivity contribution in [3.8, 4) is 0 Å². The summed E-state index contributed by atoms with van der Waals surface area (Å²) >= 11 is 1.58. The van der Waals surface area contributed by atoms with Crippen LogP contribution in [0.2, 0.25) is 0 Å². The van der Waals surface area contributed by atoms with E-state index >= 15 is 0 Å². The average molecular weight is 266 g/mol. The molecule has 2 aliphatic heterocycles. The zero-order chi connectivity index (χ0) is 12.5. The summed E-state index contributed by atoms with van der Waals surface area (Å²) in [6, 6.07) is 0. The Bertz CT molecular complexity index is 435. The third kappa shape index (κ3) is 2.22. The molecule has 1 amide bonds. The van der Waals surface area contributed by atoms with Crippen LogP contribution in [0.4, 0.5) is 5.13 Å². The summed E-state index contributed by atoms with van der Waals surface area (Å²) in [7, 11) is 2.09. The Kier molecular flexibility index (Phi) is 3.22. The fourth-order valence-corrected chi connectivity index (χ4v) is 3.04. The Morgan fingerprint density at radius 3 is 2.56 bits per heavy atom. The van der Waals surface area contributed by atoms with E-state index in [0.29, 0.717) is 5.69 Å². The number of carbonyl (C=O) groups is 1. The number of rotatable bonds is 2. The van der Waals surface area contributed by atoms with Gasteiger partial charge in [0, 0.05) is 44.6 Å². The molecule has 3 rings (SSSR count). The minimum Gasteiger partial charge on any atom is -0.348 e. The van der Waals surface area contributed by atoms with Crippen LogP contribution >= 0.6 is 11.3 Å². The van der Waals surface area contributed by atoms with Gasteiger partial charge in [0.1, 0.15) is 5.69 Å². The molecular weight excluding hydrogens is 248 g/mol. The van der Waals surface area contributed by atoms with Crippen LogP contribution in [0, 0.1) is 0 Å². The van der Waals surface area contributed by atoms with Gasteiger partial charge in [0.2, 0.25) is 0 Å². The summed E-state index contributed by atoms with van der Waals surface area (Å²) in [6.07, 6.45) is 1.24. The van der Waals surface area contributed by atoms with Gasteiger partial charge in [0.05, 0.1) is 0 Å². The van der Waals surface area contributed by atoms with Gasteiger partial charge in [-0.05, 0) is 13.5 Å². The normalized spacial score (nSPS) is 20.9. The number of amides is 1. The number of hydrogen-bond donors (Lipinski definition) is 0. The summed E-state index contributed by atoms with van der Waals surface area (Å²) in [5.74, 6) is 0.0890. The van der Waals surface area contributed by atoms with Crippen molar-refractivity contribution in [3.63, 3.8) is 0 Å². The van der Waals surface area contributed by atoms with Crippen molar-refractivity contribution in [2.45, 2.75) is 6.42 Å². The molecule has 0 saturated carbocycles. The number of piperazine rings is 1. The van der Waals surface area contributed by atoms with Crippen LogP contribution in [0.15, 0.2) is 5.38 Å². The van der Waals surface area contributed by atoms with Gasteiger partial charge >= 0.3 is 0 Å². The standard InChI is InChI=1S/C12H18N4OS/c1-14-5-7-15(8-6-14)11(17)10-9-18-12(13-10)16-3-2-4-16/h9H,2-8H2,1H3. The van der Waals surface area contributed by atoms with Crippen LogP contribution in [0.25, 0.3) is 0 Å². The minimum absolute atomic E-state index is 0.0890. The molecule has 0 atom stereocenters. The van der Waals surface area contributed by atoms with Crippen LogP contribution in [-0.2, 0) is 0 Å². The van der Waals surface area contributed by atoms with Crippen LogP contribution in [0.5, 0.6) is 0 Å². The topological polar surface area (TPSA) is 39.7 Å². The van der Waals surface area contributed by atoms with Crippen molar-refractivity contribution in [3.05, 3.63) is 11.1 Å². The predicted octanol–water partition coefficient (Wildman–Crippen LogP) is 0.741. The molecule has 0 unspecified atom stereocenters. The van der Waals surface area contributed by atoms with Crippen molar-refractivity contribution in [2.75, 3.05) is 51.2 Å². The van der Waals surface area contributed by atoms with E-state index in [1.165, 1.54) is 6.42 Å². The van der Waals surface area contributed by atoms with Gasteiger partial charge in [0.25, 0.3) is 5.91 Å². The molecule has 0 aromatic carbocycles. The first-order chi connectivity index (χ1) is 8.74. The van der Waals surface area contributed by atoms with E-state index in [9.17, 15) is 4.79 Å². The molecule has 0 radical (unpaired) electrons. The second-order valence-electron chi connectivity index (χ2n) is 4.95. The molecule has 5 nitrogen and oxygen atoms in total. The molecule has 18 heavy (non-hydrogen) atoms. The van der Waals surface area contributed by atoms with Crippen LogP contribution < -0.4 is 4.90 Å². The van der Waals surface area contributed by atoms with E-state index in [2.05, 4.69) is 21.8 Å². The fourth-order valence-electron chi connectivity index (χ4n) is 2.19. The lowest BCUT2D eigenvalue weighted by molar-refractivity contribution is 0.0659. The molecule has 98 valence electrons. The SMILES string of the molecule is CN1CCN(C(=O)c2csc(N3CCC3)n2)CC1. The summed E-state index contributed by atoms with van der Waals surface area (Å²) in [6.45, 7) is 5.69. The first kappa shape index (κ1) is 11.9. The van der Waals surface area contributed by atoms with Crippen molar-refractivity contribution in [1.82, 2.24) is 14.8 Å².